The number of hydrogen-bond donors (Lipinski definition) is 0. The van der Waals surface area contributed by atoms with Crippen molar-refractivity contribution in [2.75, 3.05) is 20.3 Å². The second-order valence-corrected chi connectivity index (χ2v) is 6.89. The lowest BCUT2D eigenvalue weighted by Crippen LogP contribution is -2.09. The molecule has 23 heavy (non-hydrogen) atoms. The normalized spacial score (nSPS) is 12.2. The van der Waals surface area contributed by atoms with Gasteiger partial charge in [-0.15, -0.1) is 0 Å². The molecule has 5 heteroatoms. The number of rotatable bonds is 7. The molecule has 0 atom stereocenters. The summed E-state index contributed by atoms with van der Waals surface area (Å²) in [5.41, 5.74) is 2.58. The highest BCUT2D eigenvalue weighted by Crippen LogP contribution is 2.57. The van der Waals surface area contributed by atoms with Crippen molar-refractivity contribution >= 4 is 18.6 Å². The molecule has 2 aromatic carbocycles. The first-order valence-corrected chi connectivity index (χ1v) is 9.32. The molecule has 4 nitrogen and oxygen atoms in total. The molecule has 0 N–H and O–H groups in total. The number of hydrogen-bond acceptors (Lipinski definition) is 4. The first-order valence-electron chi connectivity index (χ1n) is 7.75. The van der Waals surface area contributed by atoms with E-state index in [0.29, 0.717) is 13.2 Å². The van der Waals surface area contributed by atoms with E-state index in [1.807, 2.05) is 74.5 Å². The van der Waals surface area contributed by atoms with E-state index in [-0.39, 0.29) is 0 Å². The Morgan fingerprint density at radius 2 is 1.39 bits per heavy atom. The third-order valence-corrected chi connectivity index (χ3v) is 5.83. The van der Waals surface area contributed by atoms with E-state index >= 15 is 0 Å². The molecule has 0 spiro atoms. The van der Waals surface area contributed by atoms with Gasteiger partial charge in [-0.05, 0) is 26.0 Å². The first-order chi connectivity index (χ1) is 11.3. The summed E-state index contributed by atoms with van der Waals surface area (Å²) < 4.78 is 17.0. The van der Waals surface area contributed by atoms with Crippen molar-refractivity contribution in [3.63, 3.8) is 0 Å². The average Bonchev–Trinajstić information content (AvgIpc) is 2.58. The Morgan fingerprint density at radius 3 is 1.87 bits per heavy atom. The van der Waals surface area contributed by atoms with E-state index in [4.69, 9.17) is 13.8 Å². The highest BCUT2D eigenvalue weighted by Gasteiger charge is 2.30. The molecule has 0 aliphatic heterocycles. The molecule has 0 saturated heterocycles. The number of benzene rings is 2. The van der Waals surface area contributed by atoms with Crippen LogP contribution in [0.2, 0.25) is 0 Å². The van der Waals surface area contributed by atoms with E-state index in [1.54, 1.807) is 7.05 Å². The van der Waals surface area contributed by atoms with Crippen LogP contribution in [-0.2, 0) is 9.05 Å². The molecule has 0 aromatic heterocycles. The van der Waals surface area contributed by atoms with Gasteiger partial charge in [0.2, 0.25) is 0 Å². The lowest BCUT2D eigenvalue weighted by atomic mass is 10.2. The molecule has 0 fully saturated rings. The quantitative estimate of drug-likeness (QED) is 0.497. The van der Waals surface area contributed by atoms with E-state index in [9.17, 15) is 0 Å². The lowest BCUT2D eigenvalue weighted by molar-refractivity contribution is 0.269. The topological polar surface area (TPSA) is 43.2 Å². The van der Waals surface area contributed by atoms with Gasteiger partial charge in [0, 0.05) is 12.6 Å². The molecule has 0 aliphatic carbocycles. The second-order valence-electron chi connectivity index (χ2n) is 4.70. The van der Waals surface area contributed by atoms with Crippen molar-refractivity contribution in [2.45, 2.75) is 13.8 Å². The fourth-order valence-corrected chi connectivity index (χ4v) is 4.66. The van der Waals surface area contributed by atoms with Gasteiger partial charge in [0.25, 0.3) is 7.51 Å². The van der Waals surface area contributed by atoms with Crippen LogP contribution in [0.4, 0.5) is 5.69 Å². The van der Waals surface area contributed by atoms with Crippen LogP contribution in [0.15, 0.2) is 70.4 Å². The molecule has 0 radical (unpaired) electrons. The summed E-state index contributed by atoms with van der Waals surface area (Å²) >= 11 is 0. The summed E-state index contributed by atoms with van der Waals surface area (Å²) in [5, 5.41) is 0. The third-order valence-electron chi connectivity index (χ3n) is 3.12. The monoisotopic (exact) mass is 330 g/mol. The Bertz CT molecular complexity index is 675. The van der Waals surface area contributed by atoms with Crippen LogP contribution in [0.3, 0.4) is 0 Å². The van der Waals surface area contributed by atoms with Gasteiger partial charge in [0.1, 0.15) is 5.45 Å². The molecule has 0 bridgehead atoms. The fourth-order valence-electron chi connectivity index (χ4n) is 2.27. The van der Waals surface area contributed by atoms with E-state index in [0.717, 1.165) is 16.7 Å². The molecule has 0 aliphatic rings. The maximum absolute atomic E-state index is 6.07. The second kappa shape index (κ2) is 8.78. The molecule has 2 rings (SSSR count). The Labute approximate surface area is 138 Å². The van der Waals surface area contributed by atoms with Crippen molar-refractivity contribution in [3.05, 3.63) is 66.2 Å². The summed E-state index contributed by atoms with van der Waals surface area (Å²) in [6.45, 7) is 4.92. The average molecular weight is 330 g/mol. The van der Waals surface area contributed by atoms with Crippen LogP contribution in [0.1, 0.15) is 19.4 Å². The summed E-state index contributed by atoms with van der Waals surface area (Å²) in [4.78, 5) is 4.49. The Balaban J connectivity index is 2.63. The van der Waals surface area contributed by atoms with Crippen LogP contribution in [0.5, 0.6) is 0 Å². The number of nitrogens with zero attached hydrogens (tertiary/aromatic N) is 2. The highest BCUT2D eigenvalue weighted by molar-refractivity contribution is 7.75. The van der Waals surface area contributed by atoms with E-state index < -0.39 is 7.51 Å². The molecule has 2 aromatic rings. The lowest BCUT2D eigenvalue weighted by Gasteiger charge is -2.25. The predicted molar refractivity (Wildman–Crippen MR) is 97.6 cm³/mol. The summed E-state index contributed by atoms with van der Waals surface area (Å²) in [5.74, 6) is 0. The molecular formula is C18H23N2O2P. The zero-order valence-corrected chi connectivity index (χ0v) is 14.7. The summed E-state index contributed by atoms with van der Waals surface area (Å²) in [7, 11) is -0.916. The minimum absolute atomic E-state index is 0.510. The number of aliphatic imine (C=N–C) groups is 1. The van der Waals surface area contributed by atoms with E-state index in [1.165, 1.54) is 0 Å². The van der Waals surface area contributed by atoms with Crippen molar-refractivity contribution in [1.82, 2.24) is 0 Å². The maximum atomic E-state index is 6.07. The van der Waals surface area contributed by atoms with Gasteiger partial charge in [0.15, 0.2) is 0 Å². The smallest absolute Gasteiger partial charge is 0.267 e. The van der Waals surface area contributed by atoms with Crippen molar-refractivity contribution in [2.24, 2.45) is 9.74 Å². The Kier molecular flexibility index (Phi) is 6.72. The molecule has 122 valence electrons. The summed E-state index contributed by atoms with van der Waals surface area (Å²) in [6.07, 6.45) is 0. The third kappa shape index (κ3) is 4.38. The Hall–Kier alpha value is -1.74. The molecule has 0 saturated carbocycles. The molecule has 0 heterocycles. The highest BCUT2D eigenvalue weighted by atomic mass is 31.2. The zero-order valence-electron chi connectivity index (χ0n) is 13.8. The Morgan fingerprint density at radius 1 is 0.870 bits per heavy atom. The van der Waals surface area contributed by atoms with Gasteiger partial charge < -0.3 is 9.05 Å². The van der Waals surface area contributed by atoms with Crippen molar-refractivity contribution in [3.8, 4) is 0 Å². The fraction of sp³-hybridized carbons (Fsp3) is 0.278. The van der Waals surface area contributed by atoms with E-state index in [2.05, 4.69) is 4.99 Å². The van der Waals surface area contributed by atoms with Gasteiger partial charge in [-0.25, -0.2) is 4.74 Å². The van der Waals surface area contributed by atoms with Gasteiger partial charge in [-0.2, -0.15) is 0 Å². The predicted octanol–water partition coefficient (Wildman–Crippen LogP) is 5.50. The maximum Gasteiger partial charge on any atom is 0.267 e. The molecular weight excluding hydrogens is 307 g/mol. The largest absolute Gasteiger partial charge is 0.319 e. The van der Waals surface area contributed by atoms with Crippen molar-refractivity contribution in [1.29, 1.82) is 0 Å². The zero-order chi connectivity index (χ0) is 16.5. The standard InChI is InChI=1S/C18H23N2O2P/c1-4-21-23(22-5-2,20-17-14-10-7-11-15-17)18(19-3)16-12-8-6-9-13-16/h6-15H,4-5H2,1-3H3. The molecule has 0 amide bonds. The minimum atomic E-state index is -2.68. The first kappa shape index (κ1) is 17.6. The van der Waals surface area contributed by atoms with Crippen LogP contribution in [-0.4, -0.2) is 25.7 Å². The van der Waals surface area contributed by atoms with Gasteiger partial charge >= 0.3 is 0 Å². The minimum Gasteiger partial charge on any atom is -0.319 e. The van der Waals surface area contributed by atoms with Gasteiger partial charge in [-0.1, -0.05) is 48.5 Å². The van der Waals surface area contributed by atoms with Crippen LogP contribution in [0, 0.1) is 0 Å². The SMILES string of the molecule is CCOP(=Nc1ccccc1)(OCC)C(=NC)c1ccccc1. The van der Waals surface area contributed by atoms with Gasteiger partial charge in [-0.3, -0.25) is 4.99 Å². The van der Waals surface area contributed by atoms with Gasteiger partial charge in [0.05, 0.1) is 18.9 Å². The summed E-state index contributed by atoms with van der Waals surface area (Å²) in [6, 6.07) is 19.7. The van der Waals surface area contributed by atoms with Crippen LogP contribution >= 0.6 is 7.51 Å². The molecule has 0 unspecified atom stereocenters. The van der Waals surface area contributed by atoms with Crippen LogP contribution < -0.4 is 0 Å². The van der Waals surface area contributed by atoms with Crippen molar-refractivity contribution < 1.29 is 9.05 Å². The van der Waals surface area contributed by atoms with Crippen LogP contribution in [0.25, 0.3) is 0 Å².